The molecule has 9 heteroatoms. The lowest BCUT2D eigenvalue weighted by atomic mass is 10.1. The van der Waals surface area contributed by atoms with E-state index in [1.807, 2.05) is 36.4 Å². The molecule has 1 amide bonds. The van der Waals surface area contributed by atoms with E-state index in [1.165, 1.54) is 23.9 Å². The van der Waals surface area contributed by atoms with Crippen molar-refractivity contribution >= 4 is 49.8 Å². The van der Waals surface area contributed by atoms with E-state index >= 15 is 0 Å². The number of carbonyl (C=O) groups is 1. The van der Waals surface area contributed by atoms with Gasteiger partial charge in [0.1, 0.15) is 0 Å². The number of benzene rings is 2. The summed E-state index contributed by atoms with van der Waals surface area (Å²) in [6.07, 6.45) is 4.16. The number of amides is 1. The minimum absolute atomic E-state index is 0.0777. The van der Waals surface area contributed by atoms with Crippen molar-refractivity contribution in [3.05, 3.63) is 76.8 Å². The van der Waals surface area contributed by atoms with Gasteiger partial charge in [0.2, 0.25) is 10.0 Å². The highest BCUT2D eigenvalue weighted by Gasteiger charge is 2.23. The zero-order chi connectivity index (χ0) is 21.1. The number of aliphatic imine (C=N–C) groups is 1. The number of carbonyl (C=O) groups excluding carboxylic acids is 1. The molecule has 1 aliphatic rings. The lowest BCUT2D eigenvalue weighted by Crippen LogP contribution is -2.20. The Morgan fingerprint density at radius 2 is 1.87 bits per heavy atom. The summed E-state index contributed by atoms with van der Waals surface area (Å²) < 4.78 is 22.6. The predicted octanol–water partition coefficient (Wildman–Crippen LogP) is 2.68. The summed E-state index contributed by atoms with van der Waals surface area (Å²) in [5, 5.41) is 9.43. The molecule has 0 saturated carbocycles. The summed E-state index contributed by atoms with van der Waals surface area (Å²) >= 11 is 1.29. The van der Waals surface area contributed by atoms with Gasteiger partial charge in [-0.25, -0.2) is 13.6 Å². The molecule has 0 atom stereocenters. The van der Waals surface area contributed by atoms with Gasteiger partial charge in [0, 0.05) is 23.7 Å². The van der Waals surface area contributed by atoms with Crippen LogP contribution in [0.5, 0.6) is 0 Å². The number of para-hydroxylation sites is 1. The number of amidine groups is 1. The van der Waals surface area contributed by atoms with Gasteiger partial charge >= 0.3 is 0 Å². The van der Waals surface area contributed by atoms with Crippen LogP contribution in [-0.4, -0.2) is 31.0 Å². The highest BCUT2D eigenvalue weighted by Crippen LogP contribution is 2.28. The fourth-order valence-corrected chi connectivity index (χ4v) is 4.37. The first-order valence-electron chi connectivity index (χ1n) is 9.11. The normalized spacial score (nSPS) is 17.0. The summed E-state index contributed by atoms with van der Waals surface area (Å²) in [6, 6.07) is 16.1. The fourth-order valence-electron chi connectivity index (χ4n) is 3.02. The molecule has 152 valence electrons. The third-order valence-electron chi connectivity index (χ3n) is 4.51. The van der Waals surface area contributed by atoms with Gasteiger partial charge in [0.05, 0.1) is 15.3 Å². The summed E-state index contributed by atoms with van der Waals surface area (Å²) in [7, 11) is -3.69. The molecule has 30 heavy (non-hydrogen) atoms. The van der Waals surface area contributed by atoms with E-state index in [1.54, 1.807) is 18.3 Å². The van der Waals surface area contributed by atoms with Crippen LogP contribution in [0, 0.1) is 0 Å². The highest BCUT2D eigenvalue weighted by atomic mass is 32.2. The maximum atomic E-state index is 12.3. The molecule has 0 bridgehead atoms. The Labute approximate surface area is 178 Å². The van der Waals surface area contributed by atoms with Crippen molar-refractivity contribution in [2.45, 2.75) is 11.3 Å². The second kappa shape index (κ2) is 8.39. The van der Waals surface area contributed by atoms with Gasteiger partial charge < -0.3 is 5.32 Å². The van der Waals surface area contributed by atoms with Gasteiger partial charge in [0.15, 0.2) is 5.17 Å². The molecule has 2 heterocycles. The largest absolute Gasteiger partial charge is 0.301 e. The number of fused-ring (bicyclic) bond motifs is 1. The van der Waals surface area contributed by atoms with Gasteiger partial charge in [-0.1, -0.05) is 36.4 Å². The maximum absolute atomic E-state index is 12.3. The molecule has 7 nitrogen and oxygen atoms in total. The molecule has 2 aromatic carbocycles. The van der Waals surface area contributed by atoms with E-state index in [2.05, 4.69) is 15.3 Å². The number of nitrogens with one attached hydrogen (secondary N) is 1. The number of hydrogen-bond donors (Lipinski definition) is 2. The minimum atomic E-state index is -3.69. The second-order valence-corrected chi connectivity index (χ2v) is 9.21. The molecule has 0 unspecified atom stereocenters. The zero-order valence-electron chi connectivity index (χ0n) is 15.8. The van der Waals surface area contributed by atoms with Crippen LogP contribution < -0.4 is 10.5 Å². The molecule has 0 spiro atoms. The van der Waals surface area contributed by atoms with E-state index in [4.69, 9.17) is 5.14 Å². The number of hydrogen-bond acceptors (Lipinski definition) is 6. The van der Waals surface area contributed by atoms with E-state index in [0.717, 1.165) is 22.0 Å². The molecule has 1 aliphatic heterocycles. The molecule has 0 radical (unpaired) electrons. The standard InChI is InChI=1S/C21H18N4O3S2/c22-30(27,28)17-8-6-14(7-9-17)10-12-24-21-25-20(26)18(29-21)13-16-4-1-3-15-5-2-11-23-19(15)16/h1-9,11,13H,10,12H2,(H2,22,27,28)(H,24,25,26). The van der Waals surface area contributed by atoms with Crippen molar-refractivity contribution in [2.24, 2.45) is 10.1 Å². The molecule has 1 fully saturated rings. The lowest BCUT2D eigenvalue weighted by molar-refractivity contribution is -0.115. The fraction of sp³-hybridized carbons (Fsp3) is 0.0952. The van der Waals surface area contributed by atoms with Gasteiger partial charge in [-0.2, -0.15) is 0 Å². The van der Waals surface area contributed by atoms with Crippen LogP contribution >= 0.6 is 11.8 Å². The average molecular weight is 439 g/mol. The van der Waals surface area contributed by atoms with Crippen LogP contribution in [0.3, 0.4) is 0 Å². The second-order valence-electron chi connectivity index (χ2n) is 6.61. The number of rotatable bonds is 5. The van der Waals surface area contributed by atoms with Crippen molar-refractivity contribution in [1.82, 2.24) is 10.3 Å². The van der Waals surface area contributed by atoms with Gasteiger partial charge in [-0.15, -0.1) is 0 Å². The van der Waals surface area contributed by atoms with Crippen LogP contribution in [-0.2, 0) is 21.2 Å². The Bertz CT molecular complexity index is 1280. The first kappa shape index (κ1) is 20.3. The Morgan fingerprint density at radius 3 is 2.63 bits per heavy atom. The average Bonchev–Trinajstić information content (AvgIpc) is 3.07. The van der Waals surface area contributed by atoms with Crippen LogP contribution in [0.4, 0.5) is 0 Å². The lowest BCUT2D eigenvalue weighted by Gasteiger charge is -2.02. The molecular weight excluding hydrogens is 420 g/mol. The van der Waals surface area contributed by atoms with E-state index in [9.17, 15) is 13.2 Å². The molecule has 3 N–H and O–H groups in total. The third-order valence-corrected chi connectivity index (χ3v) is 6.39. The van der Waals surface area contributed by atoms with Gasteiger partial charge in [-0.05, 0) is 48.0 Å². The number of nitrogens with two attached hydrogens (primary N) is 1. The Hall–Kier alpha value is -3.01. The molecular formula is C21H18N4O3S2. The van der Waals surface area contributed by atoms with Crippen molar-refractivity contribution in [3.8, 4) is 0 Å². The van der Waals surface area contributed by atoms with E-state index < -0.39 is 10.0 Å². The number of thioether (sulfide) groups is 1. The molecule has 3 aromatic rings. The topological polar surface area (TPSA) is 115 Å². The van der Waals surface area contributed by atoms with Crippen molar-refractivity contribution < 1.29 is 13.2 Å². The van der Waals surface area contributed by atoms with Crippen LogP contribution in [0.1, 0.15) is 11.1 Å². The maximum Gasteiger partial charge on any atom is 0.264 e. The quantitative estimate of drug-likeness (QED) is 0.595. The first-order chi connectivity index (χ1) is 14.4. The van der Waals surface area contributed by atoms with Crippen molar-refractivity contribution in [1.29, 1.82) is 0 Å². The summed E-state index contributed by atoms with van der Waals surface area (Å²) in [4.78, 5) is 21.8. The predicted molar refractivity (Wildman–Crippen MR) is 119 cm³/mol. The highest BCUT2D eigenvalue weighted by molar-refractivity contribution is 8.18. The number of sulfonamides is 1. The summed E-state index contributed by atoms with van der Waals surface area (Å²) in [6.45, 7) is 0.459. The first-order valence-corrected chi connectivity index (χ1v) is 11.5. The van der Waals surface area contributed by atoms with Crippen molar-refractivity contribution in [3.63, 3.8) is 0 Å². The van der Waals surface area contributed by atoms with E-state index in [0.29, 0.717) is 23.0 Å². The minimum Gasteiger partial charge on any atom is -0.301 e. The molecule has 1 saturated heterocycles. The Kier molecular flexibility index (Phi) is 5.67. The summed E-state index contributed by atoms with van der Waals surface area (Å²) in [5.41, 5.74) is 2.65. The zero-order valence-corrected chi connectivity index (χ0v) is 17.4. The smallest absolute Gasteiger partial charge is 0.264 e. The monoisotopic (exact) mass is 438 g/mol. The number of nitrogens with zero attached hydrogens (tertiary/aromatic N) is 2. The van der Waals surface area contributed by atoms with E-state index in [-0.39, 0.29) is 10.8 Å². The third kappa shape index (κ3) is 4.59. The molecule has 4 rings (SSSR count). The molecule has 1 aromatic heterocycles. The van der Waals surface area contributed by atoms with Crippen LogP contribution in [0.15, 0.2) is 75.6 Å². The number of primary sulfonamides is 1. The Balaban J connectivity index is 1.44. The number of pyridine rings is 1. The van der Waals surface area contributed by atoms with Crippen LogP contribution in [0.25, 0.3) is 17.0 Å². The SMILES string of the molecule is NS(=O)(=O)c1ccc(CCN=C2NC(=O)C(=Cc3cccc4cccnc34)S2)cc1. The van der Waals surface area contributed by atoms with Crippen molar-refractivity contribution in [2.75, 3.05) is 6.54 Å². The number of aromatic nitrogens is 1. The van der Waals surface area contributed by atoms with Gasteiger partial charge in [0.25, 0.3) is 5.91 Å². The van der Waals surface area contributed by atoms with Crippen LogP contribution in [0.2, 0.25) is 0 Å². The summed E-state index contributed by atoms with van der Waals surface area (Å²) in [5.74, 6) is -0.191. The molecule has 0 aliphatic carbocycles. The Morgan fingerprint density at radius 1 is 1.10 bits per heavy atom. The van der Waals surface area contributed by atoms with Gasteiger partial charge in [-0.3, -0.25) is 14.8 Å².